The minimum Gasteiger partial charge on any atom is -0.305 e. The van der Waals surface area contributed by atoms with E-state index in [1.807, 2.05) is 42.7 Å². The van der Waals surface area contributed by atoms with Crippen LogP contribution in [-0.2, 0) is 25.5 Å². The van der Waals surface area contributed by atoms with Crippen LogP contribution >= 0.6 is 0 Å². The van der Waals surface area contributed by atoms with Gasteiger partial charge in [-0.25, -0.2) is 0 Å². The van der Waals surface area contributed by atoms with Crippen LogP contribution in [0.25, 0.3) is 55.2 Å². The number of aromatic nitrogens is 2. The Hall–Kier alpha value is -4.43. The summed E-state index contributed by atoms with van der Waals surface area (Å²) in [5, 5.41) is 5.00. The first-order chi connectivity index (χ1) is 20.5. The number of benzene rings is 5. The monoisotopic (exact) mass is 733 g/mol. The van der Waals surface area contributed by atoms with Crippen LogP contribution in [0.4, 0.5) is 0 Å². The number of rotatable bonds is 3. The van der Waals surface area contributed by atoms with Crippen molar-refractivity contribution >= 4 is 21.5 Å². The first-order valence-electron chi connectivity index (χ1n) is 14.2. The Morgan fingerprint density at radius 1 is 0.535 bits per heavy atom. The molecule has 0 saturated carbocycles. The third-order valence-corrected chi connectivity index (χ3v) is 7.43. The van der Waals surface area contributed by atoms with E-state index < -0.39 is 0 Å². The van der Waals surface area contributed by atoms with Gasteiger partial charge in [-0.15, -0.1) is 64.5 Å². The van der Waals surface area contributed by atoms with Crippen molar-refractivity contribution in [2.45, 2.75) is 26.2 Å². The van der Waals surface area contributed by atoms with Crippen LogP contribution < -0.4 is 0 Å². The third kappa shape index (κ3) is 6.97. The van der Waals surface area contributed by atoms with E-state index in [1.165, 1.54) is 38.2 Å². The van der Waals surface area contributed by atoms with Gasteiger partial charge in [0.05, 0.1) is 0 Å². The maximum absolute atomic E-state index is 4.53. The number of nitrogens with zero attached hydrogens (tertiary/aromatic N) is 2. The summed E-state index contributed by atoms with van der Waals surface area (Å²) in [6, 6.07) is 50.5. The molecule has 43 heavy (non-hydrogen) atoms. The molecule has 7 rings (SSSR count). The van der Waals surface area contributed by atoms with E-state index in [1.54, 1.807) is 0 Å². The second kappa shape index (κ2) is 13.3. The maximum Gasteiger partial charge on any atom is 0.0163 e. The molecule has 213 valence electrons. The van der Waals surface area contributed by atoms with Gasteiger partial charge in [-0.3, -0.25) is 0 Å². The minimum absolute atomic E-state index is 0. The van der Waals surface area contributed by atoms with Crippen LogP contribution in [0.3, 0.4) is 0 Å². The molecule has 0 atom stereocenters. The van der Waals surface area contributed by atoms with Gasteiger partial charge in [0, 0.05) is 32.5 Å². The predicted molar refractivity (Wildman–Crippen MR) is 176 cm³/mol. The zero-order valence-corrected chi connectivity index (χ0v) is 26.9. The molecule has 0 amide bonds. The summed E-state index contributed by atoms with van der Waals surface area (Å²) in [4.78, 5) is 8.91. The molecule has 0 aliphatic carbocycles. The molecule has 0 aliphatic heterocycles. The molecule has 1 radical (unpaired) electrons. The first kappa shape index (κ1) is 30.0. The summed E-state index contributed by atoms with van der Waals surface area (Å²) < 4.78 is 0. The Morgan fingerprint density at radius 2 is 1.26 bits per heavy atom. The molecular formula is C40H32IrN2-2. The van der Waals surface area contributed by atoms with Gasteiger partial charge in [-0.05, 0) is 45.4 Å². The van der Waals surface area contributed by atoms with Crippen LogP contribution in [0.15, 0.2) is 140 Å². The predicted octanol–water partition coefficient (Wildman–Crippen LogP) is 10.4. The van der Waals surface area contributed by atoms with Crippen molar-refractivity contribution in [2.75, 3.05) is 0 Å². The summed E-state index contributed by atoms with van der Waals surface area (Å²) in [5.74, 6) is 0. The van der Waals surface area contributed by atoms with Crippen LogP contribution in [-0.4, -0.2) is 9.97 Å². The van der Waals surface area contributed by atoms with Gasteiger partial charge < -0.3 is 9.97 Å². The van der Waals surface area contributed by atoms with Gasteiger partial charge in [-0.2, -0.15) is 0 Å². The minimum atomic E-state index is 0. The largest absolute Gasteiger partial charge is 0.305 e. The summed E-state index contributed by atoms with van der Waals surface area (Å²) in [7, 11) is 0. The number of hydrogen-bond donors (Lipinski definition) is 0. The van der Waals surface area contributed by atoms with Gasteiger partial charge >= 0.3 is 0 Å². The van der Waals surface area contributed by atoms with Crippen molar-refractivity contribution in [1.29, 1.82) is 0 Å². The fraction of sp³-hybridized carbons (Fsp3) is 0.100. The van der Waals surface area contributed by atoms with Gasteiger partial charge in [0.2, 0.25) is 0 Å². The summed E-state index contributed by atoms with van der Waals surface area (Å²) in [6.45, 7) is 6.66. The maximum atomic E-state index is 4.53. The molecule has 0 saturated heterocycles. The standard InChI is InChI=1S/C21H20N.C19H12N.Ir/c1-21(2,3)19-12-13-22-20(15-19)18-11-7-10-17(14-18)16-8-5-4-6-9-16;1-2-6-17-14(5-1)8-9-15-13-16(10-11-18(15)17)19-7-3-4-12-20-19;/h4-10,12-15H,1-3H3;1-9,11-13H;/q2*-1;. The van der Waals surface area contributed by atoms with Crippen molar-refractivity contribution in [3.63, 3.8) is 0 Å². The first-order valence-corrected chi connectivity index (χ1v) is 14.2. The van der Waals surface area contributed by atoms with Crippen molar-refractivity contribution in [1.82, 2.24) is 9.97 Å². The molecule has 0 N–H and O–H groups in total. The molecule has 5 aromatic carbocycles. The normalized spacial score (nSPS) is 11.0. The van der Waals surface area contributed by atoms with E-state index in [0.29, 0.717) is 0 Å². The average molecular weight is 733 g/mol. The second-order valence-electron chi connectivity index (χ2n) is 11.4. The Bertz CT molecular complexity index is 1960. The van der Waals surface area contributed by atoms with Crippen LogP contribution in [0.2, 0.25) is 0 Å². The Balaban J connectivity index is 0.000000168. The van der Waals surface area contributed by atoms with E-state index in [9.17, 15) is 0 Å². The molecular weight excluding hydrogens is 701 g/mol. The summed E-state index contributed by atoms with van der Waals surface area (Å²) in [5.41, 5.74) is 7.82. The number of fused-ring (bicyclic) bond motifs is 3. The van der Waals surface area contributed by atoms with E-state index in [-0.39, 0.29) is 25.5 Å². The fourth-order valence-corrected chi connectivity index (χ4v) is 5.09. The molecule has 3 heteroatoms. The Labute approximate surface area is 267 Å². The van der Waals surface area contributed by atoms with Crippen LogP contribution in [0.1, 0.15) is 26.3 Å². The Morgan fingerprint density at radius 3 is 2.05 bits per heavy atom. The number of pyridine rings is 2. The molecule has 0 fully saturated rings. The molecule has 2 heterocycles. The molecule has 2 nitrogen and oxygen atoms in total. The van der Waals surface area contributed by atoms with Crippen LogP contribution in [0, 0.1) is 12.1 Å². The average Bonchev–Trinajstić information content (AvgIpc) is 3.05. The van der Waals surface area contributed by atoms with Gasteiger partial charge in [-0.1, -0.05) is 116 Å². The molecule has 0 unspecified atom stereocenters. The van der Waals surface area contributed by atoms with E-state index in [2.05, 4.69) is 140 Å². The summed E-state index contributed by atoms with van der Waals surface area (Å²) in [6.07, 6.45) is 3.70. The molecule has 0 aliphatic rings. The third-order valence-electron chi connectivity index (χ3n) is 7.43. The zero-order chi connectivity index (χ0) is 28.9. The van der Waals surface area contributed by atoms with Crippen molar-refractivity contribution in [3.05, 3.63) is 157 Å². The molecule has 0 spiro atoms. The second-order valence-corrected chi connectivity index (χ2v) is 11.4. The van der Waals surface area contributed by atoms with Crippen molar-refractivity contribution in [3.8, 4) is 33.6 Å². The smallest absolute Gasteiger partial charge is 0.0163 e. The topological polar surface area (TPSA) is 25.8 Å². The van der Waals surface area contributed by atoms with Gasteiger partial charge in [0.25, 0.3) is 0 Å². The quantitative estimate of drug-likeness (QED) is 0.134. The van der Waals surface area contributed by atoms with Gasteiger partial charge in [0.15, 0.2) is 0 Å². The van der Waals surface area contributed by atoms with E-state index >= 15 is 0 Å². The Kier molecular flexibility index (Phi) is 9.26. The molecule has 2 aromatic heterocycles. The number of hydrogen-bond acceptors (Lipinski definition) is 2. The van der Waals surface area contributed by atoms with E-state index in [0.717, 1.165) is 22.5 Å². The SMILES string of the molecule is CC(C)(C)c1ccnc(-c2[c-]ccc(-c3ccccc3)c2)c1.[Ir].[c-]1cc2c(ccc3ccccc32)cc1-c1ccccn1. The van der Waals surface area contributed by atoms with Crippen molar-refractivity contribution < 1.29 is 20.1 Å². The zero-order valence-electron chi connectivity index (χ0n) is 24.5. The molecule has 7 aromatic rings. The van der Waals surface area contributed by atoms with Gasteiger partial charge in [0.1, 0.15) is 0 Å². The van der Waals surface area contributed by atoms with E-state index in [4.69, 9.17) is 0 Å². The fourth-order valence-electron chi connectivity index (χ4n) is 5.09. The molecule has 0 bridgehead atoms. The van der Waals surface area contributed by atoms with Crippen LogP contribution in [0.5, 0.6) is 0 Å². The summed E-state index contributed by atoms with van der Waals surface area (Å²) >= 11 is 0. The van der Waals surface area contributed by atoms with Crippen molar-refractivity contribution in [2.24, 2.45) is 0 Å².